The molecule has 0 amide bonds. The molecule has 3 nitrogen and oxygen atoms in total. The first-order chi connectivity index (χ1) is 6.84. The van der Waals surface area contributed by atoms with Gasteiger partial charge in [-0.25, -0.2) is 9.97 Å². The Kier molecular flexibility index (Phi) is 5.20. The van der Waals surface area contributed by atoms with Crippen molar-refractivity contribution in [2.75, 3.05) is 23.4 Å². The van der Waals surface area contributed by atoms with Crippen molar-refractivity contribution in [3.8, 4) is 12.3 Å². The van der Waals surface area contributed by atoms with Crippen molar-refractivity contribution in [2.24, 2.45) is 0 Å². The Labute approximate surface area is 92.7 Å². The molecule has 74 valence electrons. The average Bonchev–Trinajstić information content (AvgIpc) is 2.20. The van der Waals surface area contributed by atoms with Crippen LogP contribution in [0.15, 0.2) is 12.5 Å². The quantitative estimate of drug-likeness (QED) is 0.616. The van der Waals surface area contributed by atoms with Crippen LogP contribution in [0.5, 0.6) is 0 Å². The largest absolute Gasteiger partial charge is 0.368 e. The molecule has 1 aromatic rings. The lowest BCUT2D eigenvalue weighted by atomic mass is 10.5. The van der Waals surface area contributed by atoms with Crippen LogP contribution < -0.4 is 5.32 Å². The van der Waals surface area contributed by atoms with E-state index in [0.717, 1.165) is 18.1 Å². The zero-order valence-corrected chi connectivity index (χ0v) is 9.11. The Morgan fingerprint density at radius 3 is 3.21 bits per heavy atom. The SMILES string of the molecule is C#CCSCCNc1ncncc1Cl. The third-order valence-electron chi connectivity index (χ3n) is 1.39. The highest BCUT2D eigenvalue weighted by molar-refractivity contribution is 7.99. The number of anilines is 1. The molecular formula is C9H10ClN3S. The van der Waals surface area contributed by atoms with Gasteiger partial charge in [-0.3, -0.25) is 0 Å². The Balaban J connectivity index is 2.25. The molecule has 0 saturated heterocycles. The molecule has 5 heteroatoms. The molecule has 1 rings (SSSR count). The van der Waals surface area contributed by atoms with Crippen molar-refractivity contribution in [1.29, 1.82) is 0 Å². The van der Waals surface area contributed by atoms with Crippen molar-refractivity contribution in [3.63, 3.8) is 0 Å². The molecule has 0 spiro atoms. The summed E-state index contributed by atoms with van der Waals surface area (Å²) in [5, 5.41) is 3.64. The summed E-state index contributed by atoms with van der Waals surface area (Å²) < 4.78 is 0. The first-order valence-electron chi connectivity index (χ1n) is 4.05. The van der Waals surface area contributed by atoms with Gasteiger partial charge in [0.25, 0.3) is 0 Å². The van der Waals surface area contributed by atoms with Crippen LogP contribution in [0.1, 0.15) is 0 Å². The Hall–Kier alpha value is -0.920. The summed E-state index contributed by atoms with van der Waals surface area (Å²) in [6, 6.07) is 0. The maximum atomic E-state index is 5.84. The highest BCUT2D eigenvalue weighted by Gasteiger charge is 1.98. The third kappa shape index (κ3) is 3.86. The number of rotatable bonds is 5. The fourth-order valence-corrected chi connectivity index (χ4v) is 1.50. The van der Waals surface area contributed by atoms with Gasteiger partial charge in [-0.15, -0.1) is 18.2 Å². The van der Waals surface area contributed by atoms with E-state index in [0.29, 0.717) is 10.8 Å². The van der Waals surface area contributed by atoms with Crippen LogP contribution >= 0.6 is 23.4 Å². The number of hydrogen-bond acceptors (Lipinski definition) is 4. The summed E-state index contributed by atoms with van der Waals surface area (Å²) >= 11 is 7.53. The van der Waals surface area contributed by atoms with E-state index in [1.807, 2.05) is 0 Å². The lowest BCUT2D eigenvalue weighted by molar-refractivity contribution is 1.12. The second-order valence-electron chi connectivity index (χ2n) is 2.40. The van der Waals surface area contributed by atoms with Crippen LogP contribution in [0.2, 0.25) is 5.02 Å². The van der Waals surface area contributed by atoms with Crippen molar-refractivity contribution in [3.05, 3.63) is 17.5 Å². The zero-order chi connectivity index (χ0) is 10.2. The average molecular weight is 228 g/mol. The molecular weight excluding hydrogens is 218 g/mol. The predicted molar refractivity (Wildman–Crippen MR) is 61.7 cm³/mol. The van der Waals surface area contributed by atoms with Crippen LogP contribution in [0.4, 0.5) is 5.82 Å². The van der Waals surface area contributed by atoms with E-state index in [4.69, 9.17) is 18.0 Å². The van der Waals surface area contributed by atoms with E-state index in [2.05, 4.69) is 21.2 Å². The minimum absolute atomic E-state index is 0.537. The van der Waals surface area contributed by atoms with Gasteiger partial charge in [0.1, 0.15) is 17.2 Å². The standard InChI is InChI=1S/C9H10ClN3S/c1-2-4-14-5-3-12-9-8(10)6-11-7-13-9/h1,6-7H,3-5H2,(H,11,12,13). The van der Waals surface area contributed by atoms with E-state index in [9.17, 15) is 0 Å². The third-order valence-corrected chi connectivity index (χ3v) is 2.53. The van der Waals surface area contributed by atoms with Gasteiger partial charge in [-0.1, -0.05) is 17.5 Å². The van der Waals surface area contributed by atoms with Gasteiger partial charge in [-0.05, 0) is 0 Å². The summed E-state index contributed by atoms with van der Waals surface area (Å²) in [5.41, 5.74) is 0. The zero-order valence-electron chi connectivity index (χ0n) is 7.53. The number of nitrogens with one attached hydrogen (secondary N) is 1. The first-order valence-corrected chi connectivity index (χ1v) is 5.58. The molecule has 0 bridgehead atoms. The molecule has 0 saturated carbocycles. The van der Waals surface area contributed by atoms with Crippen molar-refractivity contribution in [1.82, 2.24) is 9.97 Å². The number of aromatic nitrogens is 2. The van der Waals surface area contributed by atoms with Crippen LogP contribution in [0.3, 0.4) is 0 Å². The normalized spacial score (nSPS) is 9.43. The number of halogens is 1. The summed E-state index contributed by atoms with van der Waals surface area (Å²) in [4.78, 5) is 7.78. The Bertz CT molecular complexity index is 324. The minimum Gasteiger partial charge on any atom is -0.368 e. The number of nitrogens with zero attached hydrogens (tertiary/aromatic N) is 2. The lowest BCUT2D eigenvalue weighted by Crippen LogP contribution is -2.06. The maximum absolute atomic E-state index is 5.84. The monoisotopic (exact) mass is 227 g/mol. The molecule has 0 unspecified atom stereocenters. The molecule has 0 aliphatic carbocycles. The first kappa shape index (κ1) is 11.2. The summed E-state index contributed by atoms with van der Waals surface area (Å²) in [6.07, 6.45) is 8.14. The molecule has 1 heterocycles. The van der Waals surface area contributed by atoms with Crippen molar-refractivity contribution >= 4 is 29.2 Å². The molecule has 0 aliphatic heterocycles. The summed E-state index contributed by atoms with van der Waals surface area (Å²) in [5.74, 6) is 4.90. The highest BCUT2D eigenvalue weighted by Crippen LogP contribution is 2.15. The Morgan fingerprint density at radius 2 is 2.50 bits per heavy atom. The lowest BCUT2D eigenvalue weighted by Gasteiger charge is -2.04. The van der Waals surface area contributed by atoms with Gasteiger partial charge >= 0.3 is 0 Å². The fourth-order valence-electron chi connectivity index (χ4n) is 0.815. The van der Waals surface area contributed by atoms with E-state index >= 15 is 0 Å². The van der Waals surface area contributed by atoms with E-state index in [-0.39, 0.29) is 0 Å². The molecule has 0 radical (unpaired) electrons. The maximum Gasteiger partial charge on any atom is 0.148 e. The summed E-state index contributed by atoms with van der Waals surface area (Å²) in [7, 11) is 0. The molecule has 0 aromatic carbocycles. The Morgan fingerprint density at radius 1 is 1.64 bits per heavy atom. The topological polar surface area (TPSA) is 37.8 Å². The second kappa shape index (κ2) is 6.52. The molecule has 0 atom stereocenters. The van der Waals surface area contributed by atoms with Gasteiger partial charge in [0, 0.05) is 12.3 Å². The van der Waals surface area contributed by atoms with Crippen LogP contribution in [-0.4, -0.2) is 28.0 Å². The van der Waals surface area contributed by atoms with Gasteiger partial charge in [0.2, 0.25) is 0 Å². The van der Waals surface area contributed by atoms with Crippen molar-refractivity contribution < 1.29 is 0 Å². The molecule has 1 N–H and O–H groups in total. The van der Waals surface area contributed by atoms with Crippen LogP contribution in [0.25, 0.3) is 0 Å². The van der Waals surface area contributed by atoms with Gasteiger partial charge in [0.15, 0.2) is 0 Å². The van der Waals surface area contributed by atoms with Crippen molar-refractivity contribution in [2.45, 2.75) is 0 Å². The van der Waals surface area contributed by atoms with E-state index in [1.165, 1.54) is 6.33 Å². The molecule has 14 heavy (non-hydrogen) atoms. The highest BCUT2D eigenvalue weighted by atomic mass is 35.5. The van der Waals surface area contributed by atoms with Crippen LogP contribution in [0, 0.1) is 12.3 Å². The smallest absolute Gasteiger partial charge is 0.148 e. The molecule has 0 fully saturated rings. The van der Waals surface area contributed by atoms with E-state index in [1.54, 1.807) is 18.0 Å². The number of hydrogen-bond donors (Lipinski definition) is 1. The molecule has 0 aliphatic rings. The van der Waals surface area contributed by atoms with Gasteiger partial charge < -0.3 is 5.32 Å². The number of terminal acetylenes is 1. The van der Waals surface area contributed by atoms with Gasteiger partial charge in [-0.2, -0.15) is 0 Å². The van der Waals surface area contributed by atoms with Gasteiger partial charge in [0.05, 0.1) is 11.9 Å². The summed E-state index contributed by atoms with van der Waals surface area (Å²) in [6.45, 7) is 0.795. The predicted octanol–water partition coefficient (Wildman–Crippen LogP) is 1.91. The van der Waals surface area contributed by atoms with Crippen LogP contribution in [-0.2, 0) is 0 Å². The molecule has 1 aromatic heterocycles. The fraction of sp³-hybridized carbons (Fsp3) is 0.333. The minimum atomic E-state index is 0.537. The second-order valence-corrected chi connectivity index (χ2v) is 3.92. The van der Waals surface area contributed by atoms with E-state index < -0.39 is 0 Å². The number of thioether (sulfide) groups is 1.